The van der Waals surface area contributed by atoms with E-state index in [-0.39, 0.29) is 12.3 Å². The van der Waals surface area contributed by atoms with E-state index in [1.54, 1.807) is 6.07 Å². The van der Waals surface area contributed by atoms with Gasteiger partial charge in [-0.1, -0.05) is 29.8 Å². The van der Waals surface area contributed by atoms with Gasteiger partial charge < -0.3 is 5.32 Å². The summed E-state index contributed by atoms with van der Waals surface area (Å²) in [6.45, 7) is 0. The van der Waals surface area contributed by atoms with Crippen LogP contribution in [0, 0.1) is 0 Å². The molecule has 1 aliphatic rings. The summed E-state index contributed by atoms with van der Waals surface area (Å²) < 4.78 is 0. The molecule has 2 aromatic rings. The van der Waals surface area contributed by atoms with Gasteiger partial charge in [-0.2, -0.15) is 5.10 Å². The number of carbonyl (C=O) groups is 1. The summed E-state index contributed by atoms with van der Waals surface area (Å²) in [6, 6.07) is 9.25. The fraction of sp³-hybridized carbons (Fsp3) is 0.286. The molecule has 1 saturated carbocycles. The van der Waals surface area contributed by atoms with Crippen molar-refractivity contribution in [1.29, 1.82) is 0 Å². The van der Waals surface area contributed by atoms with Gasteiger partial charge in [-0.15, -0.1) is 0 Å². The zero-order chi connectivity index (χ0) is 13.2. The van der Waals surface area contributed by atoms with E-state index in [2.05, 4.69) is 15.5 Å². The van der Waals surface area contributed by atoms with Gasteiger partial charge in [0.15, 0.2) is 5.82 Å². The molecule has 1 aromatic carbocycles. The van der Waals surface area contributed by atoms with Crippen molar-refractivity contribution in [1.82, 2.24) is 10.2 Å². The minimum Gasteiger partial charge on any atom is -0.309 e. The molecule has 1 aliphatic carbocycles. The van der Waals surface area contributed by atoms with Crippen LogP contribution in [0.5, 0.6) is 0 Å². The maximum atomic E-state index is 11.9. The van der Waals surface area contributed by atoms with Crippen LogP contribution in [-0.2, 0) is 11.2 Å². The number of aromatic nitrogens is 2. The normalized spacial score (nSPS) is 14.4. The summed E-state index contributed by atoms with van der Waals surface area (Å²) in [5.41, 5.74) is 1.92. The Bertz CT molecular complexity index is 604. The van der Waals surface area contributed by atoms with Gasteiger partial charge in [0.25, 0.3) is 0 Å². The number of aromatic amines is 1. The number of amides is 1. The van der Waals surface area contributed by atoms with Crippen molar-refractivity contribution in [2.75, 3.05) is 5.32 Å². The van der Waals surface area contributed by atoms with Crippen molar-refractivity contribution >= 4 is 23.3 Å². The van der Waals surface area contributed by atoms with E-state index in [9.17, 15) is 4.79 Å². The van der Waals surface area contributed by atoms with Gasteiger partial charge in [0.05, 0.1) is 6.42 Å². The van der Waals surface area contributed by atoms with E-state index in [1.807, 2.05) is 24.3 Å². The molecule has 5 heteroatoms. The zero-order valence-corrected chi connectivity index (χ0v) is 11.1. The molecule has 98 valence electrons. The number of nitrogens with one attached hydrogen (secondary N) is 2. The molecular formula is C14H14ClN3O. The quantitative estimate of drug-likeness (QED) is 0.901. The van der Waals surface area contributed by atoms with Gasteiger partial charge in [0.2, 0.25) is 5.91 Å². The molecule has 19 heavy (non-hydrogen) atoms. The molecule has 1 fully saturated rings. The Morgan fingerprint density at radius 2 is 2.21 bits per heavy atom. The van der Waals surface area contributed by atoms with E-state index >= 15 is 0 Å². The first kappa shape index (κ1) is 12.2. The molecular weight excluding hydrogens is 262 g/mol. The number of H-pyrrole nitrogens is 1. The van der Waals surface area contributed by atoms with Crippen LogP contribution in [-0.4, -0.2) is 16.1 Å². The van der Waals surface area contributed by atoms with Gasteiger partial charge in [-0.25, -0.2) is 0 Å². The Morgan fingerprint density at radius 3 is 2.95 bits per heavy atom. The smallest absolute Gasteiger partial charge is 0.230 e. The highest BCUT2D eigenvalue weighted by molar-refractivity contribution is 6.31. The molecule has 1 heterocycles. The van der Waals surface area contributed by atoms with Crippen molar-refractivity contribution in [3.8, 4) is 0 Å². The molecule has 0 spiro atoms. The van der Waals surface area contributed by atoms with Crippen molar-refractivity contribution in [3.05, 3.63) is 46.6 Å². The lowest BCUT2D eigenvalue weighted by atomic mass is 10.1. The Morgan fingerprint density at radius 1 is 1.42 bits per heavy atom. The molecule has 0 radical (unpaired) electrons. The minimum absolute atomic E-state index is 0.109. The summed E-state index contributed by atoms with van der Waals surface area (Å²) in [7, 11) is 0. The van der Waals surface area contributed by atoms with Crippen LogP contribution in [0.4, 0.5) is 5.82 Å². The maximum Gasteiger partial charge on any atom is 0.230 e. The first-order chi connectivity index (χ1) is 9.22. The Hall–Kier alpha value is -1.81. The van der Waals surface area contributed by atoms with Crippen LogP contribution >= 0.6 is 11.6 Å². The minimum atomic E-state index is -0.109. The molecule has 0 bridgehead atoms. The van der Waals surface area contributed by atoms with Gasteiger partial charge in [-0.05, 0) is 24.5 Å². The van der Waals surface area contributed by atoms with Crippen LogP contribution in [0.3, 0.4) is 0 Å². The zero-order valence-electron chi connectivity index (χ0n) is 10.3. The summed E-state index contributed by atoms with van der Waals surface area (Å²) >= 11 is 6.02. The standard InChI is InChI=1S/C14H14ClN3O/c15-11-4-2-1-3-10(11)7-14(19)16-13-8-12(17-18-13)9-5-6-9/h1-4,8-9H,5-7H2,(H2,16,17,18,19). The largest absolute Gasteiger partial charge is 0.309 e. The Balaban J connectivity index is 1.62. The first-order valence-electron chi connectivity index (χ1n) is 6.31. The summed E-state index contributed by atoms with van der Waals surface area (Å²) in [5.74, 6) is 1.07. The van der Waals surface area contributed by atoms with Crippen molar-refractivity contribution in [3.63, 3.8) is 0 Å². The number of halogens is 1. The van der Waals surface area contributed by atoms with Crippen molar-refractivity contribution in [2.24, 2.45) is 0 Å². The van der Waals surface area contributed by atoms with Crippen molar-refractivity contribution in [2.45, 2.75) is 25.2 Å². The van der Waals surface area contributed by atoms with Crippen LogP contribution in [0.1, 0.15) is 30.0 Å². The highest BCUT2D eigenvalue weighted by Crippen LogP contribution is 2.39. The predicted molar refractivity (Wildman–Crippen MR) is 74.3 cm³/mol. The first-order valence-corrected chi connectivity index (χ1v) is 6.69. The van der Waals surface area contributed by atoms with Crippen LogP contribution in [0.15, 0.2) is 30.3 Å². The monoisotopic (exact) mass is 275 g/mol. The van der Waals surface area contributed by atoms with E-state index in [4.69, 9.17) is 11.6 Å². The molecule has 0 saturated heterocycles. The van der Waals surface area contributed by atoms with Gasteiger partial charge in [0, 0.05) is 22.7 Å². The lowest BCUT2D eigenvalue weighted by molar-refractivity contribution is -0.115. The van der Waals surface area contributed by atoms with Gasteiger partial charge in [-0.3, -0.25) is 9.89 Å². The third-order valence-corrected chi connectivity index (χ3v) is 3.56. The summed E-state index contributed by atoms with van der Waals surface area (Å²) in [5, 5.41) is 10.4. The number of benzene rings is 1. The molecule has 4 nitrogen and oxygen atoms in total. The van der Waals surface area contributed by atoms with E-state index < -0.39 is 0 Å². The summed E-state index contributed by atoms with van der Waals surface area (Å²) in [6.07, 6.45) is 2.66. The summed E-state index contributed by atoms with van der Waals surface area (Å²) in [4.78, 5) is 11.9. The topological polar surface area (TPSA) is 57.8 Å². The maximum absolute atomic E-state index is 11.9. The number of rotatable bonds is 4. The van der Waals surface area contributed by atoms with E-state index in [0.717, 1.165) is 11.3 Å². The molecule has 0 aliphatic heterocycles. The van der Waals surface area contributed by atoms with E-state index in [0.29, 0.717) is 16.8 Å². The molecule has 1 amide bonds. The number of hydrogen-bond acceptors (Lipinski definition) is 2. The fourth-order valence-electron chi connectivity index (χ4n) is 2.01. The lowest BCUT2D eigenvalue weighted by Crippen LogP contribution is -2.14. The molecule has 1 aromatic heterocycles. The second kappa shape index (κ2) is 5.05. The number of nitrogens with zero attached hydrogens (tertiary/aromatic N) is 1. The van der Waals surface area contributed by atoms with Crippen LogP contribution < -0.4 is 5.32 Å². The number of carbonyl (C=O) groups excluding carboxylic acids is 1. The highest BCUT2D eigenvalue weighted by atomic mass is 35.5. The van der Waals surface area contributed by atoms with E-state index in [1.165, 1.54) is 12.8 Å². The third kappa shape index (κ3) is 2.96. The Labute approximate surface area is 116 Å². The second-order valence-electron chi connectivity index (χ2n) is 4.80. The van der Waals surface area contributed by atoms with Crippen LogP contribution in [0.2, 0.25) is 5.02 Å². The number of hydrogen-bond donors (Lipinski definition) is 2. The van der Waals surface area contributed by atoms with Gasteiger partial charge >= 0.3 is 0 Å². The number of anilines is 1. The second-order valence-corrected chi connectivity index (χ2v) is 5.21. The SMILES string of the molecule is O=C(Cc1ccccc1Cl)Nc1cc(C2CC2)[nH]n1. The molecule has 0 atom stereocenters. The fourth-order valence-corrected chi connectivity index (χ4v) is 2.21. The molecule has 0 unspecified atom stereocenters. The molecule has 2 N–H and O–H groups in total. The lowest BCUT2D eigenvalue weighted by Gasteiger charge is -2.03. The predicted octanol–water partition coefficient (Wildman–Crippen LogP) is 3.12. The molecule has 3 rings (SSSR count). The average molecular weight is 276 g/mol. The van der Waals surface area contributed by atoms with Crippen LogP contribution in [0.25, 0.3) is 0 Å². The average Bonchev–Trinajstić information content (AvgIpc) is 3.14. The Kier molecular flexibility index (Phi) is 3.25. The third-order valence-electron chi connectivity index (χ3n) is 3.19. The van der Waals surface area contributed by atoms with Gasteiger partial charge in [0.1, 0.15) is 0 Å². The highest BCUT2D eigenvalue weighted by Gasteiger charge is 2.25. The van der Waals surface area contributed by atoms with Crippen molar-refractivity contribution < 1.29 is 4.79 Å².